The van der Waals surface area contributed by atoms with Gasteiger partial charge in [-0.25, -0.2) is 5.10 Å². The Kier molecular flexibility index (Phi) is 3.74. The molecule has 1 aromatic carbocycles. The van der Waals surface area contributed by atoms with Gasteiger partial charge >= 0.3 is 0 Å². The average Bonchev–Trinajstić information content (AvgIpc) is 2.77. The van der Waals surface area contributed by atoms with Gasteiger partial charge in [-0.2, -0.15) is 0 Å². The van der Waals surface area contributed by atoms with E-state index in [4.69, 9.17) is 0 Å². The van der Waals surface area contributed by atoms with E-state index in [-0.39, 0.29) is 5.69 Å². The molecule has 0 unspecified atom stereocenters. The van der Waals surface area contributed by atoms with Crippen molar-refractivity contribution in [3.63, 3.8) is 0 Å². The van der Waals surface area contributed by atoms with E-state index < -0.39 is 4.92 Å². The minimum Gasteiger partial charge on any atom is -0.258 e. The summed E-state index contributed by atoms with van der Waals surface area (Å²) < 4.78 is 0. The molecule has 0 aliphatic heterocycles. The molecule has 0 saturated carbocycles. The van der Waals surface area contributed by atoms with E-state index in [2.05, 4.69) is 20.6 Å². The Morgan fingerprint density at radius 3 is 2.29 bits per heavy atom. The van der Waals surface area contributed by atoms with Gasteiger partial charge in [0, 0.05) is 12.1 Å². The molecule has 1 heterocycles. The van der Waals surface area contributed by atoms with Crippen LogP contribution in [0.4, 0.5) is 5.69 Å². The number of tetrazole rings is 1. The highest BCUT2D eigenvalue weighted by Crippen LogP contribution is 2.06. The van der Waals surface area contributed by atoms with E-state index in [9.17, 15) is 10.1 Å². The fraction of sp³-hybridized carbons (Fsp3) is 0. The Bertz CT molecular complexity index is 344. The maximum absolute atomic E-state index is 10.0. The van der Waals surface area contributed by atoms with E-state index in [1.807, 2.05) is 0 Å². The normalized spacial score (nSPS) is 8.57. The zero-order valence-electron chi connectivity index (χ0n) is 7.07. The van der Waals surface area contributed by atoms with Gasteiger partial charge in [-0.3, -0.25) is 10.1 Å². The monoisotopic (exact) mass is 193 g/mol. The zero-order chi connectivity index (χ0) is 10.2. The first-order chi connectivity index (χ1) is 6.80. The van der Waals surface area contributed by atoms with Crippen molar-refractivity contribution in [3.8, 4) is 0 Å². The second kappa shape index (κ2) is 5.36. The minimum atomic E-state index is -0.417. The van der Waals surface area contributed by atoms with Crippen molar-refractivity contribution in [1.29, 1.82) is 0 Å². The van der Waals surface area contributed by atoms with Gasteiger partial charge in [0.25, 0.3) is 5.69 Å². The lowest BCUT2D eigenvalue weighted by molar-refractivity contribution is -0.384. The van der Waals surface area contributed by atoms with Crippen molar-refractivity contribution in [2.24, 2.45) is 0 Å². The largest absolute Gasteiger partial charge is 0.269 e. The fourth-order valence-corrected chi connectivity index (χ4v) is 0.679. The van der Waals surface area contributed by atoms with Crippen LogP contribution in [0.1, 0.15) is 0 Å². The number of aromatic nitrogens is 4. The summed E-state index contributed by atoms with van der Waals surface area (Å²) in [5, 5.41) is 22.1. The predicted molar refractivity (Wildman–Crippen MR) is 47.3 cm³/mol. The Hall–Kier alpha value is -2.31. The first-order valence-corrected chi connectivity index (χ1v) is 3.67. The highest BCUT2D eigenvalue weighted by atomic mass is 16.6. The highest BCUT2D eigenvalue weighted by Gasteiger charge is 1.98. The number of nitrogens with one attached hydrogen (secondary N) is 1. The first-order valence-electron chi connectivity index (χ1n) is 3.67. The summed E-state index contributed by atoms with van der Waals surface area (Å²) in [7, 11) is 0. The molecule has 7 heteroatoms. The number of nitro benzene ring substituents is 1. The van der Waals surface area contributed by atoms with Crippen LogP contribution < -0.4 is 0 Å². The molecule has 1 aromatic heterocycles. The third-order valence-corrected chi connectivity index (χ3v) is 1.24. The van der Waals surface area contributed by atoms with E-state index in [1.54, 1.807) is 18.2 Å². The number of nitro groups is 1. The second-order valence-corrected chi connectivity index (χ2v) is 2.16. The van der Waals surface area contributed by atoms with Gasteiger partial charge in [-0.1, -0.05) is 18.2 Å². The summed E-state index contributed by atoms with van der Waals surface area (Å²) in [6, 6.07) is 7.93. The number of aromatic amines is 1. The second-order valence-electron chi connectivity index (χ2n) is 2.16. The summed E-state index contributed by atoms with van der Waals surface area (Å²) in [5.74, 6) is 0. The van der Waals surface area contributed by atoms with Crippen LogP contribution in [-0.2, 0) is 0 Å². The van der Waals surface area contributed by atoms with Gasteiger partial charge in [-0.15, -0.1) is 5.10 Å². The lowest BCUT2D eigenvalue weighted by Gasteiger charge is -1.85. The Morgan fingerprint density at radius 1 is 1.29 bits per heavy atom. The van der Waals surface area contributed by atoms with Crippen molar-refractivity contribution < 1.29 is 4.92 Å². The number of benzene rings is 1. The SMILES string of the molecule is O=[N+]([O-])c1ccccc1.c1nnn[nH]1. The number of para-hydroxylation sites is 1. The maximum Gasteiger partial charge on any atom is 0.269 e. The lowest BCUT2D eigenvalue weighted by atomic mass is 10.3. The van der Waals surface area contributed by atoms with Gasteiger partial charge in [-0.05, 0) is 10.4 Å². The summed E-state index contributed by atoms with van der Waals surface area (Å²) in [5.41, 5.74) is 0.137. The number of non-ortho nitro benzene ring substituents is 1. The summed E-state index contributed by atoms with van der Waals surface area (Å²) in [6.45, 7) is 0. The molecule has 0 spiro atoms. The Balaban J connectivity index is 0.000000165. The molecule has 0 aliphatic rings. The Labute approximate surface area is 78.9 Å². The third kappa shape index (κ3) is 3.39. The Morgan fingerprint density at radius 2 is 2.00 bits per heavy atom. The molecule has 1 N–H and O–H groups in total. The fourth-order valence-electron chi connectivity index (χ4n) is 0.679. The number of hydrogen-bond acceptors (Lipinski definition) is 5. The van der Waals surface area contributed by atoms with E-state index in [1.165, 1.54) is 18.5 Å². The van der Waals surface area contributed by atoms with Gasteiger partial charge in [0.05, 0.1) is 4.92 Å². The third-order valence-electron chi connectivity index (χ3n) is 1.24. The minimum absolute atomic E-state index is 0.137. The van der Waals surface area contributed by atoms with Gasteiger partial charge in [0.15, 0.2) is 0 Å². The number of rotatable bonds is 1. The van der Waals surface area contributed by atoms with Crippen LogP contribution >= 0.6 is 0 Å². The van der Waals surface area contributed by atoms with Crippen molar-refractivity contribution in [2.75, 3.05) is 0 Å². The molecule has 72 valence electrons. The average molecular weight is 193 g/mol. The van der Waals surface area contributed by atoms with Crippen LogP contribution in [0.25, 0.3) is 0 Å². The molecule has 0 atom stereocenters. The topological polar surface area (TPSA) is 97.6 Å². The number of hydrogen-bond donors (Lipinski definition) is 1. The van der Waals surface area contributed by atoms with Crippen molar-refractivity contribution in [3.05, 3.63) is 46.8 Å². The molecule has 2 aromatic rings. The standard InChI is InChI=1S/C6H5NO2.CH2N4/c8-7(9)6-4-2-1-3-5-6;1-2-4-5-3-1/h1-5H;1H,(H,2,3,4,5). The zero-order valence-corrected chi connectivity index (χ0v) is 7.07. The molecule has 0 radical (unpaired) electrons. The molecule has 0 fully saturated rings. The van der Waals surface area contributed by atoms with Crippen molar-refractivity contribution >= 4 is 5.69 Å². The first kappa shape index (κ1) is 9.78. The molecular weight excluding hydrogens is 186 g/mol. The van der Waals surface area contributed by atoms with Gasteiger partial charge in [0.1, 0.15) is 6.33 Å². The maximum atomic E-state index is 10.0. The van der Waals surface area contributed by atoms with Gasteiger partial charge in [0.2, 0.25) is 0 Å². The van der Waals surface area contributed by atoms with Crippen LogP contribution in [0.15, 0.2) is 36.7 Å². The smallest absolute Gasteiger partial charge is 0.258 e. The predicted octanol–water partition coefficient (Wildman–Crippen LogP) is 0.794. The molecule has 14 heavy (non-hydrogen) atoms. The van der Waals surface area contributed by atoms with E-state index in [0.29, 0.717) is 0 Å². The molecule has 0 aliphatic carbocycles. The molecular formula is C7H7N5O2. The van der Waals surface area contributed by atoms with E-state index in [0.717, 1.165) is 0 Å². The molecule has 0 saturated heterocycles. The highest BCUT2D eigenvalue weighted by molar-refractivity contribution is 5.27. The number of nitrogens with zero attached hydrogens (tertiary/aromatic N) is 4. The van der Waals surface area contributed by atoms with Crippen molar-refractivity contribution in [1.82, 2.24) is 20.6 Å². The quantitative estimate of drug-likeness (QED) is 0.533. The van der Waals surface area contributed by atoms with Crippen LogP contribution in [0.5, 0.6) is 0 Å². The lowest BCUT2D eigenvalue weighted by Crippen LogP contribution is -1.84. The van der Waals surface area contributed by atoms with Crippen LogP contribution in [-0.4, -0.2) is 25.5 Å². The van der Waals surface area contributed by atoms with Crippen LogP contribution in [0.3, 0.4) is 0 Å². The molecule has 7 nitrogen and oxygen atoms in total. The van der Waals surface area contributed by atoms with Crippen molar-refractivity contribution in [2.45, 2.75) is 0 Å². The van der Waals surface area contributed by atoms with E-state index >= 15 is 0 Å². The van der Waals surface area contributed by atoms with Gasteiger partial charge < -0.3 is 0 Å². The molecule has 0 bridgehead atoms. The summed E-state index contributed by atoms with van der Waals surface area (Å²) in [6.07, 6.45) is 1.40. The molecule has 2 rings (SSSR count). The van der Waals surface area contributed by atoms with Crippen LogP contribution in [0, 0.1) is 10.1 Å². The summed E-state index contributed by atoms with van der Waals surface area (Å²) in [4.78, 5) is 9.59. The molecule has 0 amide bonds. The van der Waals surface area contributed by atoms with Crippen LogP contribution in [0.2, 0.25) is 0 Å². The summed E-state index contributed by atoms with van der Waals surface area (Å²) >= 11 is 0. The number of H-pyrrole nitrogens is 1.